The number of hydrogen-bond donors (Lipinski definition) is 3. The summed E-state index contributed by atoms with van der Waals surface area (Å²) in [5, 5.41) is 24.8. The molecule has 6 nitrogen and oxygen atoms in total. The maximum Gasteiger partial charge on any atom is 0.272 e. The molecule has 7 heteroatoms. The minimum absolute atomic E-state index is 0.0175. The summed E-state index contributed by atoms with van der Waals surface area (Å²) < 4.78 is 0. The van der Waals surface area contributed by atoms with Gasteiger partial charge in [-0.2, -0.15) is 5.10 Å². The highest BCUT2D eigenvalue weighted by atomic mass is 35.5. The summed E-state index contributed by atoms with van der Waals surface area (Å²) >= 11 is 5.99. The second-order valence-corrected chi connectivity index (χ2v) is 7.36. The summed E-state index contributed by atoms with van der Waals surface area (Å²) in [6.07, 6.45) is 0. The lowest BCUT2D eigenvalue weighted by Gasteiger charge is -2.10. The van der Waals surface area contributed by atoms with Crippen molar-refractivity contribution in [1.29, 1.82) is 0 Å². The van der Waals surface area contributed by atoms with Gasteiger partial charge in [0.05, 0.1) is 22.5 Å². The summed E-state index contributed by atoms with van der Waals surface area (Å²) in [7, 11) is 0. The third kappa shape index (κ3) is 4.34. The van der Waals surface area contributed by atoms with Gasteiger partial charge >= 0.3 is 0 Å². The zero-order chi connectivity index (χ0) is 22.0. The number of aromatic hydroxyl groups is 2. The van der Waals surface area contributed by atoms with Crippen LogP contribution in [0.5, 0.6) is 11.5 Å². The van der Waals surface area contributed by atoms with Gasteiger partial charge in [-0.15, -0.1) is 0 Å². The number of pyridine rings is 1. The molecule has 31 heavy (non-hydrogen) atoms. The van der Waals surface area contributed by atoms with Gasteiger partial charge in [0.25, 0.3) is 5.91 Å². The summed E-state index contributed by atoms with van der Waals surface area (Å²) in [6, 6.07) is 20.2. The lowest BCUT2D eigenvalue weighted by Crippen LogP contribution is -2.20. The first kappa shape index (κ1) is 20.4. The molecule has 0 saturated heterocycles. The molecule has 3 N–H and O–H groups in total. The molecule has 0 bridgehead atoms. The van der Waals surface area contributed by atoms with Gasteiger partial charge in [0.2, 0.25) is 0 Å². The van der Waals surface area contributed by atoms with E-state index in [1.54, 1.807) is 49.4 Å². The Hall–Kier alpha value is -3.90. The summed E-state index contributed by atoms with van der Waals surface area (Å²) in [6.45, 7) is 1.66. The molecule has 0 atom stereocenters. The minimum Gasteiger partial charge on any atom is -0.508 e. The first-order valence-corrected chi connectivity index (χ1v) is 9.83. The average Bonchev–Trinajstić information content (AvgIpc) is 2.78. The van der Waals surface area contributed by atoms with Crippen molar-refractivity contribution >= 4 is 34.1 Å². The quantitative estimate of drug-likeness (QED) is 0.308. The van der Waals surface area contributed by atoms with Crippen LogP contribution in [-0.2, 0) is 0 Å². The van der Waals surface area contributed by atoms with Crippen molar-refractivity contribution in [3.63, 3.8) is 0 Å². The van der Waals surface area contributed by atoms with E-state index < -0.39 is 5.91 Å². The number of carbonyl (C=O) groups excluding carboxylic acids is 1. The molecule has 0 spiro atoms. The van der Waals surface area contributed by atoms with Crippen LogP contribution in [0.2, 0.25) is 5.02 Å². The number of rotatable bonds is 4. The molecule has 1 heterocycles. The molecule has 154 valence electrons. The first-order chi connectivity index (χ1) is 14.9. The normalized spacial score (nSPS) is 11.5. The lowest BCUT2D eigenvalue weighted by atomic mass is 10.0. The van der Waals surface area contributed by atoms with Crippen LogP contribution in [0.15, 0.2) is 77.9 Å². The summed E-state index contributed by atoms with van der Waals surface area (Å²) in [5.74, 6) is -0.250. The molecule has 0 aliphatic heterocycles. The number of halogens is 1. The Morgan fingerprint density at radius 2 is 1.71 bits per heavy atom. The smallest absolute Gasteiger partial charge is 0.272 e. The molecule has 0 unspecified atom stereocenters. The number of nitrogens with one attached hydrogen (secondary N) is 1. The van der Waals surface area contributed by atoms with E-state index in [-0.39, 0.29) is 11.5 Å². The average molecular weight is 432 g/mol. The number of hydrogen-bond acceptors (Lipinski definition) is 5. The maximum atomic E-state index is 13.0. The monoisotopic (exact) mass is 431 g/mol. The highest BCUT2D eigenvalue weighted by Crippen LogP contribution is 2.26. The van der Waals surface area contributed by atoms with E-state index in [1.165, 1.54) is 6.07 Å². The molecule has 4 aromatic rings. The Morgan fingerprint density at radius 3 is 2.48 bits per heavy atom. The zero-order valence-corrected chi connectivity index (χ0v) is 17.3. The van der Waals surface area contributed by atoms with Crippen LogP contribution in [0.4, 0.5) is 0 Å². The molecule has 0 aliphatic rings. The van der Waals surface area contributed by atoms with Crippen LogP contribution in [0.3, 0.4) is 0 Å². The van der Waals surface area contributed by atoms with Crippen LogP contribution in [-0.4, -0.2) is 26.8 Å². The summed E-state index contributed by atoms with van der Waals surface area (Å²) in [5.41, 5.74) is 5.81. The van der Waals surface area contributed by atoms with Crippen molar-refractivity contribution < 1.29 is 15.0 Å². The zero-order valence-electron chi connectivity index (χ0n) is 16.5. The third-order valence-electron chi connectivity index (χ3n) is 4.80. The van der Waals surface area contributed by atoms with E-state index >= 15 is 0 Å². The Morgan fingerprint density at radius 1 is 0.968 bits per heavy atom. The van der Waals surface area contributed by atoms with E-state index in [4.69, 9.17) is 11.6 Å². The topological polar surface area (TPSA) is 94.8 Å². The predicted octanol–water partition coefficient (Wildman–Crippen LogP) is 5.12. The SMILES string of the molecule is CC(=NNC(=O)c1cc(-c2ccc(O)cc2)nc2ccccc12)c1cc(Cl)ccc1O. The molecule has 1 aromatic heterocycles. The first-order valence-electron chi connectivity index (χ1n) is 9.45. The van der Waals surface area contributed by atoms with E-state index in [0.29, 0.717) is 38.5 Å². The van der Waals surface area contributed by atoms with E-state index in [0.717, 1.165) is 5.56 Å². The van der Waals surface area contributed by atoms with Crippen molar-refractivity contribution in [2.24, 2.45) is 5.10 Å². The molecule has 3 aromatic carbocycles. The van der Waals surface area contributed by atoms with Gasteiger partial charge in [-0.05, 0) is 61.5 Å². The number of carbonyl (C=O) groups is 1. The van der Waals surface area contributed by atoms with Crippen molar-refractivity contribution in [2.45, 2.75) is 6.92 Å². The van der Waals surface area contributed by atoms with E-state index in [1.807, 2.05) is 24.3 Å². The highest BCUT2D eigenvalue weighted by Gasteiger charge is 2.14. The van der Waals surface area contributed by atoms with Gasteiger partial charge in [-0.25, -0.2) is 10.4 Å². The fourth-order valence-corrected chi connectivity index (χ4v) is 3.37. The van der Waals surface area contributed by atoms with Crippen LogP contribution in [0.1, 0.15) is 22.8 Å². The van der Waals surface area contributed by atoms with Gasteiger partial charge in [0, 0.05) is 21.5 Å². The molecule has 0 radical (unpaired) electrons. The number of amides is 1. The third-order valence-corrected chi connectivity index (χ3v) is 5.03. The van der Waals surface area contributed by atoms with Gasteiger partial charge < -0.3 is 10.2 Å². The van der Waals surface area contributed by atoms with Gasteiger partial charge in [0.15, 0.2) is 0 Å². The van der Waals surface area contributed by atoms with Crippen molar-refractivity contribution in [2.75, 3.05) is 0 Å². The number of aromatic nitrogens is 1. The number of para-hydroxylation sites is 1. The standard InChI is InChI=1S/C24H18ClN3O3/c1-14(19-12-16(25)8-11-23(19)30)27-28-24(31)20-13-22(15-6-9-17(29)10-7-15)26-21-5-3-2-4-18(20)21/h2-13,29-30H,1H3,(H,28,31). The van der Waals surface area contributed by atoms with E-state index in [9.17, 15) is 15.0 Å². The minimum atomic E-state index is -0.417. The number of nitrogens with zero attached hydrogens (tertiary/aromatic N) is 2. The Bertz CT molecular complexity index is 1320. The van der Waals surface area contributed by atoms with Crippen molar-refractivity contribution in [3.8, 4) is 22.8 Å². The van der Waals surface area contributed by atoms with Crippen LogP contribution < -0.4 is 5.43 Å². The Kier molecular flexibility index (Phi) is 5.56. The fraction of sp³-hybridized carbons (Fsp3) is 0.0417. The second kappa shape index (κ2) is 8.45. The highest BCUT2D eigenvalue weighted by molar-refractivity contribution is 6.31. The van der Waals surface area contributed by atoms with Gasteiger partial charge in [-0.3, -0.25) is 4.79 Å². The van der Waals surface area contributed by atoms with E-state index in [2.05, 4.69) is 15.5 Å². The van der Waals surface area contributed by atoms with Crippen molar-refractivity contribution in [1.82, 2.24) is 10.4 Å². The maximum absolute atomic E-state index is 13.0. The molecule has 0 fully saturated rings. The lowest BCUT2D eigenvalue weighted by molar-refractivity contribution is 0.0956. The number of phenolic OH excluding ortho intramolecular Hbond substituents is 2. The molecule has 0 aliphatic carbocycles. The number of fused-ring (bicyclic) bond motifs is 1. The largest absolute Gasteiger partial charge is 0.508 e. The number of benzene rings is 3. The molecule has 1 amide bonds. The second-order valence-electron chi connectivity index (χ2n) is 6.92. The molecule has 0 saturated carbocycles. The van der Waals surface area contributed by atoms with Crippen LogP contribution in [0, 0.1) is 0 Å². The summed E-state index contributed by atoms with van der Waals surface area (Å²) in [4.78, 5) is 17.6. The Labute approximate surface area is 183 Å². The fourth-order valence-electron chi connectivity index (χ4n) is 3.20. The molecular formula is C24H18ClN3O3. The predicted molar refractivity (Wildman–Crippen MR) is 122 cm³/mol. The molecular weight excluding hydrogens is 414 g/mol. The number of hydrazone groups is 1. The molecule has 4 rings (SSSR count). The van der Waals surface area contributed by atoms with Crippen LogP contribution >= 0.6 is 11.6 Å². The van der Waals surface area contributed by atoms with Crippen LogP contribution in [0.25, 0.3) is 22.2 Å². The van der Waals surface area contributed by atoms with Gasteiger partial charge in [0.1, 0.15) is 11.5 Å². The van der Waals surface area contributed by atoms with Gasteiger partial charge in [-0.1, -0.05) is 29.8 Å². The Balaban J connectivity index is 1.71. The number of phenols is 2. The van der Waals surface area contributed by atoms with Crippen molar-refractivity contribution in [3.05, 3.63) is 88.9 Å².